The summed E-state index contributed by atoms with van der Waals surface area (Å²) in [7, 11) is 0. The van der Waals surface area contributed by atoms with Gasteiger partial charge in [0.25, 0.3) is 0 Å². The monoisotopic (exact) mass is 100 g/mol. The number of alkyl halides is 3. The van der Waals surface area contributed by atoms with Gasteiger partial charge in [0.15, 0.2) is 0 Å². The van der Waals surface area contributed by atoms with E-state index >= 15 is 0 Å². The highest BCUT2D eigenvalue weighted by Crippen LogP contribution is 2.09. The van der Waals surface area contributed by atoms with Crippen LogP contribution in [0.25, 0.3) is 0 Å². The van der Waals surface area contributed by atoms with Crippen LogP contribution in [0.2, 0.25) is 0 Å². The zero-order valence-electron chi connectivity index (χ0n) is 3.05. The van der Waals surface area contributed by atoms with Gasteiger partial charge in [-0.25, -0.2) is 0 Å². The molecule has 0 heterocycles. The molecule has 0 aromatic rings. The molecule has 0 aromatic heterocycles. The van der Waals surface area contributed by atoms with Crippen LogP contribution < -0.4 is 6.15 Å². The van der Waals surface area contributed by atoms with E-state index in [1.54, 1.807) is 6.92 Å². The zero-order valence-corrected chi connectivity index (χ0v) is 3.05. The summed E-state index contributed by atoms with van der Waals surface area (Å²) >= 11 is 0. The molecule has 4 heteroatoms. The number of rotatable bonds is 0. The molecule has 1 radical (unpaired) electrons. The summed E-state index contributed by atoms with van der Waals surface area (Å²) in [6.45, 7) is 1.77. The molecule has 0 bridgehead atoms. The molecule has 0 unspecified atom stereocenters. The van der Waals surface area contributed by atoms with E-state index in [1.165, 1.54) is 0 Å². The maximum atomic E-state index is 10.2. The zero-order chi connectivity index (χ0) is 4.50. The van der Waals surface area contributed by atoms with Crippen LogP contribution in [0.5, 0.6) is 0 Å². The van der Waals surface area contributed by atoms with Crippen LogP contribution in [0.4, 0.5) is 13.2 Å². The first-order chi connectivity index (χ1) is 2.00. The Hall–Kier alpha value is -0.250. The Bertz CT molecular complexity index is 24.3. The lowest BCUT2D eigenvalue weighted by atomic mass is 10.8. The largest absolute Gasteiger partial charge is 0.389 e. The second kappa shape index (κ2) is 2.02. The first-order valence-corrected chi connectivity index (χ1v) is 0.921. The van der Waals surface area contributed by atoms with E-state index in [0.29, 0.717) is 0 Å². The van der Waals surface area contributed by atoms with Gasteiger partial charge in [-0.3, -0.25) is 0 Å². The normalized spacial score (nSPS) is 10.0. The lowest BCUT2D eigenvalue weighted by molar-refractivity contribution is -0.0829. The fourth-order valence-electron chi connectivity index (χ4n) is 0. The van der Waals surface area contributed by atoms with E-state index in [2.05, 4.69) is 0 Å². The Morgan fingerprint density at radius 1 is 1.17 bits per heavy atom. The van der Waals surface area contributed by atoms with Gasteiger partial charge >= 0.3 is 6.18 Å². The molecule has 0 rings (SSSR count). The average Bonchev–Trinajstić information content (AvgIpc) is 0.722. The van der Waals surface area contributed by atoms with Crippen LogP contribution in [0.1, 0.15) is 0 Å². The third-order valence-corrected chi connectivity index (χ3v) is 0. The summed E-state index contributed by atoms with van der Waals surface area (Å²) in [6, 6.07) is 0. The van der Waals surface area contributed by atoms with Crippen LogP contribution in [-0.2, 0) is 0 Å². The van der Waals surface area contributed by atoms with Gasteiger partial charge in [0, 0.05) is 0 Å². The molecule has 39 valence electrons. The fourth-order valence-corrected chi connectivity index (χ4v) is 0. The number of hydrogen-bond acceptors (Lipinski definition) is 1. The Morgan fingerprint density at radius 2 is 1.17 bits per heavy atom. The van der Waals surface area contributed by atoms with E-state index < -0.39 is 6.18 Å². The Morgan fingerprint density at radius 3 is 1.17 bits per heavy atom. The van der Waals surface area contributed by atoms with Crippen LogP contribution >= 0.6 is 0 Å². The minimum atomic E-state index is -4.25. The number of halogens is 3. The molecule has 0 spiro atoms. The average molecular weight is 100 g/mol. The molecule has 0 atom stereocenters. The van der Waals surface area contributed by atoms with Gasteiger partial charge in [0.1, 0.15) is 0 Å². The molecule has 1 nitrogen and oxygen atoms in total. The summed E-state index contributed by atoms with van der Waals surface area (Å²) in [5, 5.41) is 0. The van der Waals surface area contributed by atoms with Crippen molar-refractivity contribution in [2.24, 2.45) is 0 Å². The van der Waals surface area contributed by atoms with Crippen molar-refractivity contribution in [2.75, 3.05) is 0 Å². The lowest BCUT2D eigenvalue weighted by Gasteiger charge is -1.88. The quantitative estimate of drug-likeness (QED) is 0.492. The minimum Gasteiger partial charge on any atom is -0.344 e. The van der Waals surface area contributed by atoms with Crippen molar-refractivity contribution in [1.82, 2.24) is 6.15 Å². The summed E-state index contributed by atoms with van der Waals surface area (Å²) in [4.78, 5) is 0. The van der Waals surface area contributed by atoms with Crippen LogP contribution in [0, 0.1) is 6.92 Å². The summed E-state index contributed by atoms with van der Waals surface area (Å²) in [6.07, 6.45) is -4.25. The van der Waals surface area contributed by atoms with Crippen molar-refractivity contribution in [3.05, 3.63) is 6.92 Å². The predicted molar refractivity (Wildman–Crippen MR) is 16.4 cm³/mol. The number of hydrogen-bond donors (Lipinski definition) is 1. The topological polar surface area (TPSA) is 35.0 Å². The van der Waals surface area contributed by atoms with Gasteiger partial charge in [-0.15, -0.1) is 0 Å². The summed E-state index contributed by atoms with van der Waals surface area (Å²) in [5.74, 6) is 0. The summed E-state index contributed by atoms with van der Waals surface area (Å²) in [5.41, 5.74) is 0. The van der Waals surface area contributed by atoms with Gasteiger partial charge in [-0.05, 0) is 0 Å². The van der Waals surface area contributed by atoms with E-state index in [1.807, 2.05) is 0 Å². The molecule has 0 saturated carbocycles. The molecule has 0 aliphatic rings. The molecule has 0 fully saturated rings. The third kappa shape index (κ3) is 454. The van der Waals surface area contributed by atoms with Crippen molar-refractivity contribution in [2.45, 2.75) is 6.18 Å². The van der Waals surface area contributed by atoms with Crippen LogP contribution in [0.3, 0.4) is 0 Å². The molecule has 0 aromatic carbocycles. The molecule has 3 N–H and O–H groups in total. The van der Waals surface area contributed by atoms with E-state index in [9.17, 15) is 13.2 Å². The molecular formula is C2H5F3N. The highest BCUT2D eigenvalue weighted by atomic mass is 19.4. The lowest BCUT2D eigenvalue weighted by Crippen LogP contribution is -1.96. The second-order valence-electron chi connectivity index (χ2n) is 0.615. The van der Waals surface area contributed by atoms with Crippen molar-refractivity contribution >= 4 is 0 Å². The maximum Gasteiger partial charge on any atom is 0.389 e. The highest BCUT2D eigenvalue weighted by Gasteiger charge is 2.16. The predicted octanol–water partition coefficient (Wildman–Crippen LogP) is 1.54. The van der Waals surface area contributed by atoms with Gasteiger partial charge < -0.3 is 6.15 Å². The van der Waals surface area contributed by atoms with Gasteiger partial charge in [0.2, 0.25) is 0 Å². The van der Waals surface area contributed by atoms with E-state index in [-0.39, 0.29) is 6.15 Å². The first-order valence-electron chi connectivity index (χ1n) is 0.921. The molecule has 0 saturated heterocycles. The molecule has 0 amide bonds. The van der Waals surface area contributed by atoms with E-state index in [4.69, 9.17) is 0 Å². The molecule has 0 aliphatic heterocycles. The Labute approximate surface area is 33.7 Å². The maximum absolute atomic E-state index is 10.2. The first kappa shape index (κ1) is 9.23. The smallest absolute Gasteiger partial charge is 0.344 e. The van der Waals surface area contributed by atoms with Crippen molar-refractivity contribution in [1.29, 1.82) is 0 Å². The Kier molecular flexibility index (Phi) is 3.11. The van der Waals surface area contributed by atoms with E-state index in [0.717, 1.165) is 0 Å². The van der Waals surface area contributed by atoms with Gasteiger partial charge in [0.05, 0.1) is 6.92 Å². The van der Waals surface area contributed by atoms with Gasteiger partial charge in [-0.2, -0.15) is 13.2 Å². The SMILES string of the molecule is N.[CH2]C(F)(F)F. The standard InChI is InChI=1S/C2H2F3.H3N/c1-2(3,4)5;/h1H2;1H3. The minimum absolute atomic E-state index is 0. The van der Waals surface area contributed by atoms with Crippen LogP contribution in [0.15, 0.2) is 0 Å². The van der Waals surface area contributed by atoms with Crippen LogP contribution in [-0.4, -0.2) is 6.18 Å². The molecule has 6 heavy (non-hydrogen) atoms. The van der Waals surface area contributed by atoms with Crippen molar-refractivity contribution in [3.63, 3.8) is 0 Å². The summed E-state index contributed by atoms with van der Waals surface area (Å²) < 4.78 is 30.7. The van der Waals surface area contributed by atoms with Crippen molar-refractivity contribution < 1.29 is 13.2 Å². The fraction of sp³-hybridized carbons (Fsp3) is 0.500. The van der Waals surface area contributed by atoms with Gasteiger partial charge in [-0.1, -0.05) is 0 Å². The Balaban J connectivity index is 0. The highest BCUT2D eigenvalue weighted by molar-refractivity contribution is 4.45. The third-order valence-electron chi connectivity index (χ3n) is 0. The van der Waals surface area contributed by atoms with Crippen molar-refractivity contribution in [3.8, 4) is 0 Å². The molecular weight excluding hydrogens is 95.0 g/mol. The second-order valence-corrected chi connectivity index (χ2v) is 0.615. The molecule has 0 aliphatic carbocycles.